The van der Waals surface area contributed by atoms with Crippen molar-refractivity contribution in [2.24, 2.45) is 11.6 Å². The highest BCUT2D eigenvalue weighted by molar-refractivity contribution is 5.62. The van der Waals surface area contributed by atoms with Crippen LogP contribution in [0.3, 0.4) is 0 Å². The second-order valence-electron chi connectivity index (χ2n) is 5.56. The van der Waals surface area contributed by atoms with Crippen LogP contribution in [0.25, 0.3) is 5.70 Å². The van der Waals surface area contributed by atoms with Crippen LogP contribution >= 0.6 is 0 Å². The molecule has 1 aliphatic carbocycles. The number of pyridine rings is 1. The van der Waals surface area contributed by atoms with Crippen LogP contribution < -0.4 is 21.6 Å². The number of ether oxygens (including phenoxy) is 1. The minimum atomic E-state index is -0.261. The summed E-state index contributed by atoms with van der Waals surface area (Å²) in [6.45, 7) is 0. The van der Waals surface area contributed by atoms with E-state index in [0.717, 1.165) is 19.3 Å². The lowest BCUT2D eigenvalue weighted by atomic mass is 9.95. The predicted molar refractivity (Wildman–Crippen MR) is 85.2 cm³/mol. The third kappa shape index (κ3) is 4.02. The molecule has 0 radical (unpaired) electrons. The molecular formula is C15H25N5O2. The third-order valence-corrected chi connectivity index (χ3v) is 3.76. The van der Waals surface area contributed by atoms with E-state index in [4.69, 9.17) is 16.3 Å². The molecule has 0 spiro atoms. The number of nitrogens with two attached hydrogens (primary N) is 2. The Morgan fingerprint density at radius 1 is 1.45 bits per heavy atom. The molecule has 0 saturated heterocycles. The van der Waals surface area contributed by atoms with E-state index >= 15 is 0 Å². The second kappa shape index (κ2) is 7.33. The summed E-state index contributed by atoms with van der Waals surface area (Å²) in [5.41, 5.74) is 7.15. The van der Waals surface area contributed by atoms with Crippen molar-refractivity contribution in [1.29, 1.82) is 0 Å². The summed E-state index contributed by atoms with van der Waals surface area (Å²) >= 11 is 0. The van der Waals surface area contributed by atoms with E-state index in [0.29, 0.717) is 29.4 Å². The second-order valence-corrected chi connectivity index (χ2v) is 5.56. The zero-order valence-corrected chi connectivity index (χ0v) is 13.1. The molecule has 1 aliphatic rings. The maximum atomic E-state index is 9.67. The fourth-order valence-electron chi connectivity index (χ4n) is 2.65. The molecule has 0 bridgehead atoms. The summed E-state index contributed by atoms with van der Waals surface area (Å²) in [5.74, 6) is 6.99. The Bertz CT molecular complexity index is 515. The molecule has 1 aromatic rings. The number of nitrogens with one attached hydrogen (secondary N) is 1. The Labute approximate surface area is 130 Å². The van der Waals surface area contributed by atoms with Gasteiger partial charge in [0.2, 0.25) is 0 Å². The van der Waals surface area contributed by atoms with Crippen LogP contribution in [0.2, 0.25) is 0 Å². The fourth-order valence-corrected chi connectivity index (χ4v) is 2.65. The molecule has 7 nitrogen and oxygen atoms in total. The van der Waals surface area contributed by atoms with E-state index in [1.165, 1.54) is 5.01 Å². The first-order valence-electron chi connectivity index (χ1n) is 7.48. The number of aliphatic hydroxyl groups is 1. The number of aromatic nitrogens is 1. The normalized spacial score (nSPS) is 22.7. The Kier molecular flexibility index (Phi) is 5.46. The largest absolute Gasteiger partial charge is 0.489 e. The Hall–Kier alpha value is -1.99. The standard InChI is InChI=1S/C15H25N5O2/c1-18-15(20(2)17)14(16)13-7-6-12(9-19-13)22-11-5-3-4-10(21)8-11/h6-7,9-11,18,21H,3-5,8,16-17H2,1-2H3/b15-14-. The number of aliphatic hydroxyl groups excluding tert-OH is 1. The summed E-state index contributed by atoms with van der Waals surface area (Å²) in [4.78, 5) is 4.32. The van der Waals surface area contributed by atoms with Gasteiger partial charge < -0.3 is 20.9 Å². The highest BCUT2D eigenvalue weighted by Crippen LogP contribution is 2.24. The molecule has 2 rings (SSSR count). The highest BCUT2D eigenvalue weighted by atomic mass is 16.5. The lowest BCUT2D eigenvalue weighted by molar-refractivity contribution is 0.0535. The van der Waals surface area contributed by atoms with Crippen molar-refractivity contribution in [3.05, 3.63) is 29.8 Å². The topological polar surface area (TPSA) is 110 Å². The summed E-state index contributed by atoms with van der Waals surface area (Å²) in [5, 5.41) is 14.0. The molecule has 1 aromatic heterocycles. The molecular weight excluding hydrogens is 282 g/mol. The maximum Gasteiger partial charge on any atom is 0.141 e. The highest BCUT2D eigenvalue weighted by Gasteiger charge is 2.21. The van der Waals surface area contributed by atoms with Crippen LogP contribution in [0, 0.1) is 0 Å². The Morgan fingerprint density at radius 2 is 2.23 bits per heavy atom. The molecule has 1 heterocycles. The molecule has 7 heteroatoms. The van der Waals surface area contributed by atoms with Crippen LogP contribution in [-0.2, 0) is 0 Å². The Morgan fingerprint density at radius 3 is 2.77 bits per heavy atom. The SMILES string of the molecule is CN/C(=C(/N)c1ccc(OC2CCCC(O)C2)cn1)N(C)N. The first kappa shape index (κ1) is 16.4. The van der Waals surface area contributed by atoms with Crippen LogP contribution in [0.15, 0.2) is 24.2 Å². The first-order chi connectivity index (χ1) is 10.5. The van der Waals surface area contributed by atoms with Gasteiger partial charge in [-0.3, -0.25) is 9.99 Å². The van der Waals surface area contributed by atoms with Crippen molar-refractivity contribution in [3.63, 3.8) is 0 Å². The van der Waals surface area contributed by atoms with Gasteiger partial charge in [-0.15, -0.1) is 0 Å². The van der Waals surface area contributed by atoms with Gasteiger partial charge in [0, 0.05) is 20.5 Å². The molecule has 0 aliphatic heterocycles. The van der Waals surface area contributed by atoms with Crippen molar-refractivity contribution in [3.8, 4) is 5.75 Å². The minimum Gasteiger partial charge on any atom is -0.489 e. The number of hydrogen-bond acceptors (Lipinski definition) is 7. The lowest BCUT2D eigenvalue weighted by Gasteiger charge is -2.26. The number of nitrogens with zero attached hydrogens (tertiary/aromatic N) is 2. The van der Waals surface area contributed by atoms with Crippen LogP contribution in [0.4, 0.5) is 0 Å². The quantitative estimate of drug-likeness (QED) is 0.459. The van der Waals surface area contributed by atoms with E-state index in [-0.39, 0.29) is 12.2 Å². The third-order valence-electron chi connectivity index (χ3n) is 3.76. The molecule has 1 saturated carbocycles. The molecule has 1 fully saturated rings. The van der Waals surface area contributed by atoms with Crippen molar-refractivity contribution in [2.45, 2.75) is 37.9 Å². The van der Waals surface area contributed by atoms with Gasteiger partial charge in [-0.25, -0.2) is 5.84 Å². The molecule has 6 N–H and O–H groups in total. The molecule has 2 atom stereocenters. The zero-order valence-electron chi connectivity index (χ0n) is 13.1. The number of hydrazine groups is 1. The maximum absolute atomic E-state index is 9.67. The van der Waals surface area contributed by atoms with E-state index < -0.39 is 0 Å². The van der Waals surface area contributed by atoms with Crippen molar-refractivity contribution < 1.29 is 9.84 Å². The average molecular weight is 307 g/mol. The monoisotopic (exact) mass is 307 g/mol. The number of rotatable bonds is 5. The van der Waals surface area contributed by atoms with Gasteiger partial charge in [-0.1, -0.05) is 0 Å². The molecule has 2 unspecified atom stereocenters. The molecule has 0 aromatic carbocycles. The van der Waals surface area contributed by atoms with Gasteiger partial charge in [0.25, 0.3) is 0 Å². The van der Waals surface area contributed by atoms with Crippen LogP contribution in [0.5, 0.6) is 5.75 Å². The first-order valence-corrected chi connectivity index (χ1v) is 7.48. The number of hydrogen-bond donors (Lipinski definition) is 4. The van der Waals surface area contributed by atoms with Crippen molar-refractivity contribution in [2.75, 3.05) is 14.1 Å². The van der Waals surface area contributed by atoms with Gasteiger partial charge in [0.1, 0.15) is 17.7 Å². The van der Waals surface area contributed by atoms with Crippen molar-refractivity contribution in [1.82, 2.24) is 15.3 Å². The lowest BCUT2D eigenvalue weighted by Crippen LogP contribution is -2.34. The summed E-state index contributed by atoms with van der Waals surface area (Å²) in [6.07, 6.45) is 4.91. The van der Waals surface area contributed by atoms with E-state index in [9.17, 15) is 5.11 Å². The summed E-state index contributed by atoms with van der Waals surface area (Å²) < 4.78 is 5.86. The van der Waals surface area contributed by atoms with E-state index in [1.54, 1.807) is 26.4 Å². The van der Waals surface area contributed by atoms with Gasteiger partial charge >= 0.3 is 0 Å². The van der Waals surface area contributed by atoms with E-state index in [2.05, 4.69) is 10.3 Å². The van der Waals surface area contributed by atoms with E-state index in [1.807, 2.05) is 6.07 Å². The zero-order chi connectivity index (χ0) is 16.1. The van der Waals surface area contributed by atoms with Crippen LogP contribution in [0.1, 0.15) is 31.4 Å². The smallest absolute Gasteiger partial charge is 0.141 e. The predicted octanol–water partition coefficient (Wildman–Crippen LogP) is 0.374. The van der Waals surface area contributed by atoms with Gasteiger partial charge in [0.15, 0.2) is 0 Å². The molecule has 0 amide bonds. The van der Waals surface area contributed by atoms with Crippen molar-refractivity contribution >= 4 is 5.70 Å². The van der Waals surface area contributed by atoms with Gasteiger partial charge in [-0.05, 0) is 31.4 Å². The summed E-state index contributed by atoms with van der Waals surface area (Å²) in [6, 6.07) is 3.63. The summed E-state index contributed by atoms with van der Waals surface area (Å²) in [7, 11) is 3.45. The molecule has 122 valence electrons. The minimum absolute atomic E-state index is 0.0485. The average Bonchev–Trinajstić information content (AvgIpc) is 2.48. The van der Waals surface area contributed by atoms with Crippen LogP contribution in [-0.4, -0.2) is 41.4 Å². The molecule has 22 heavy (non-hydrogen) atoms. The Balaban J connectivity index is 2.07. The fraction of sp³-hybridized carbons (Fsp3) is 0.533. The van der Waals surface area contributed by atoms with Gasteiger partial charge in [-0.2, -0.15) is 0 Å². The van der Waals surface area contributed by atoms with Gasteiger partial charge in [0.05, 0.1) is 23.7 Å².